The summed E-state index contributed by atoms with van der Waals surface area (Å²) in [5.74, 6) is 2.25. The summed E-state index contributed by atoms with van der Waals surface area (Å²) in [5, 5.41) is 3.33. The standard InChI is InChI=1S/C16H25NO2/c1-3-19-15-6-4-13(5-7-15)16(12-17-2)14-8-10-18-11-9-14/h4-7,14,16-17H,3,8-12H2,1-2H3. The van der Waals surface area contributed by atoms with E-state index in [2.05, 4.69) is 29.6 Å². The Balaban J connectivity index is 2.08. The van der Waals surface area contributed by atoms with Crippen LogP contribution in [0.5, 0.6) is 5.75 Å². The molecule has 0 saturated carbocycles. The van der Waals surface area contributed by atoms with Crippen molar-refractivity contribution in [3.63, 3.8) is 0 Å². The molecule has 1 fully saturated rings. The van der Waals surface area contributed by atoms with Crippen LogP contribution in [0.2, 0.25) is 0 Å². The van der Waals surface area contributed by atoms with Gasteiger partial charge in [-0.15, -0.1) is 0 Å². The number of nitrogens with one attached hydrogen (secondary N) is 1. The quantitative estimate of drug-likeness (QED) is 0.856. The minimum Gasteiger partial charge on any atom is -0.494 e. The lowest BCUT2D eigenvalue weighted by Crippen LogP contribution is -2.28. The molecule has 1 N–H and O–H groups in total. The fraction of sp³-hybridized carbons (Fsp3) is 0.625. The summed E-state index contributed by atoms with van der Waals surface area (Å²) in [6.07, 6.45) is 2.33. The van der Waals surface area contributed by atoms with Crippen molar-refractivity contribution in [2.75, 3.05) is 33.4 Å². The SMILES string of the molecule is CCOc1ccc(C(CNC)C2CCOCC2)cc1. The van der Waals surface area contributed by atoms with E-state index in [4.69, 9.17) is 9.47 Å². The van der Waals surface area contributed by atoms with Gasteiger partial charge in [-0.3, -0.25) is 0 Å². The maximum absolute atomic E-state index is 5.51. The lowest BCUT2D eigenvalue weighted by molar-refractivity contribution is 0.0579. The summed E-state index contributed by atoms with van der Waals surface area (Å²) >= 11 is 0. The van der Waals surface area contributed by atoms with Crippen molar-refractivity contribution in [3.05, 3.63) is 29.8 Å². The molecule has 1 unspecified atom stereocenters. The topological polar surface area (TPSA) is 30.5 Å². The highest BCUT2D eigenvalue weighted by Gasteiger charge is 2.24. The molecule has 1 aromatic rings. The highest BCUT2D eigenvalue weighted by atomic mass is 16.5. The Labute approximate surface area is 116 Å². The van der Waals surface area contributed by atoms with Crippen molar-refractivity contribution in [2.24, 2.45) is 5.92 Å². The van der Waals surface area contributed by atoms with Crippen LogP contribution in [-0.2, 0) is 4.74 Å². The zero-order chi connectivity index (χ0) is 13.5. The first-order chi connectivity index (χ1) is 9.35. The molecule has 0 spiro atoms. The summed E-state index contributed by atoms with van der Waals surface area (Å²) in [4.78, 5) is 0. The van der Waals surface area contributed by atoms with Crippen LogP contribution in [0.4, 0.5) is 0 Å². The average molecular weight is 263 g/mol. The van der Waals surface area contributed by atoms with Gasteiger partial charge in [-0.25, -0.2) is 0 Å². The first-order valence-electron chi connectivity index (χ1n) is 7.30. The van der Waals surface area contributed by atoms with Crippen LogP contribution in [0, 0.1) is 5.92 Å². The summed E-state index contributed by atoms with van der Waals surface area (Å²) in [6.45, 7) is 5.57. The van der Waals surface area contributed by atoms with E-state index in [0.717, 1.165) is 38.0 Å². The van der Waals surface area contributed by atoms with Crippen molar-refractivity contribution in [3.8, 4) is 5.75 Å². The molecule has 1 saturated heterocycles. The Bertz CT molecular complexity index is 358. The van der Waals surface area contributed by atoms with Gasteiger partial charge in [0.05, 0.1) is 6.61 Å². The maximum Gasteiger partial charge on any atom is 0.119 e. The molecule has 1 heterocycles. The Morgan fingerprint density at radius 2 is 1.95 bits per heavy atom. The molecule has 2 rings (SSSR count). The first kappa shape index (κ1) is 14.4. The van der Waals surface area contributed by atoms with E-state index in [1.165, 1.54) is 18.4 Å². The van der Waals surface area contributed by atoms with Crippen LogP contribution < -0.4 is 10.1 Å². The highest BCUT2D eigenvalue weighted by molar-refractivity contribution is 5.30. The number of likely N-dealkylation sites (N-methyl/N-ethyl adjacent to an activating group) is 1. The van der Waals surface area contributed by atoms with Crippen LogP contribution in [-0.4, -0.2) is 33.4 Å². The third-order valence-corrected chi connectivity index (χ3v) is 3.88. The molecular weight excluding hydrogens is 238 g/mol. The normalized spacial score (nSPS) is 18.2. The van der Waals surface area contributed by atoms with Gasteiger partial charge in [-0.2, -0.15) is 0 Å². The van der Waals surface area contributed by atoms with Gasteiger partial charge in [0.1, 0.15) is 5.75 Å². The fourth-order valence-electron chi connectivity index (χ4n) is 2.87. The van der Waals surface area contributed by atoms with Crippen molar-refractivity contribution in [1.82, 2.24) is 5.32 Å². The van der Waals surface area contributed by atoms with Gasteiger partial charge in [0, 0.05) is 19.8 Å². The zero-order valence-corrected chi connectivity index (χ0v) is 12.0. The summed E-state index contributed by atoms with van der Waals surface area (Å²) in [7, 11) is 2.03. The minimum atomic E-state index is 0.574. The zero-order valence-electron chi connectivity index (χ0n) is 12.0. The predicted molar refractivity (Wildman–Crippen MR) is 77.8 cm³/mol. The van der Waals surface area contributed by atoms with Crippen LogP contribution in [0.15, 0.2) is 24.3 Å². The third kappa shape index (κ3) is 3.95. The van der Waals surface area contributed by atoms with E-state index < -0.39 is 0 Å². The molecule has 0 aliphatic carbocycles. The molecule has 0 aromatic heterocycles. The van der Waals surface area contributed by atoms with Gasteiger partial charge < -0.3 is 14.8 Å². The molecule has 1 atom stereocenters. The second-order valence-corrected chi connectivity index (χ2v) is 5.12. The monoisotopic (exact) mass is 263 g/mol. The molecule has 3 heteroatoms. The number of hydrogen-bond donors (Lipinski definition) is 1. The lowest BCUT2D eigenvalue weighted by atomic mass is 9.81. The smallest absolute Gasteiger partial charge is 0.119 e. The van der Waals surface area contributed by atoms with E-state index in [1.807, 2.05) is 14.0 Å². The minimum absolute atomic E-state index is 0.574. The molecule has 1 aliphatic rings. The van der Waals surface area contributed by atoms with Gasteiger partial charge in [0.15, 0.2) is 0 Å². The molecular formula is C16H25NO2. The molecule has 0 bridgehead atoms. The van der Waals surface area contributed by atoms with E-state index in [0.29, 0.717) is 5.92 Å². The predicted octanol–water partition coefficient (Wildman–Crippen LogP) is 2.81. The Morgan fingerprint density at radius 3 is 2.53 bits per heavy atom. The fourth-order valence-corrected chi connectivity index (χ4v) is 2.87. The van der Waals surface area contributed by atoms with Crippen molar-refractivity contribution in [1.29, 1.82) is 0 Å². The average Bonchev–Trinajstić information content (AvgIpc) is 2.47. The third-order valence-electron chi connectivity index (χ3n) is 3.88. The second-order valence-electron chi connectivity index (χ2n) is 5.12. The molecule has 3 nitrogen and oxygen atoms in total. The second kappa shape index (κ2) is 7.51. The molecule has 0 radical (unpaired) electrons. The maximum atomic E-state index is 5.51. The molecule has 0 amide bonds. The van der Waals surface area contributed by atoms with Gasteiger partial charge in [-0.1, -0.05) is 12.1 Å². The van der Waals surface area contributed by atoms with Gasteiger partial charge in [0.2, 0.25) is 0 Å². The number of ether oxygens (including phenoxy) is 2. The van der Waals surface area contributed by atoms with Crippen molar-refractivity contribution < 1.29 is 9.47 Å². The molecule has 106 valence electrons. The number of rotatable bonds is 6. The van der Waals surface area contributed by atoms with Gasteiger partial charge in [0.25, 0.3) is 0 Å². The van der Waals surface area contributed by atoms with E-state index in [1.54, 1.807) is 0 Å². The first-order valence-corrected chi connectivity index (χ1v) is 7.30. The number of hydrogen-bond acceptors (Lipinski definition) is 3. The van der Waals surface area contributed by atoms with Crippen molar-refractivity contribution in [2.45, 2.75) is 25.7 Å². The largest absolute Gasteiger partial charge is 0.494 e. The summed E-state index contributed by atoms with van der Waals surface area (Å²) < 4.78 is 11.0. The van der Waals surface area contributed by atoms with Crippen LogP contribution >= 0.6 is 0 Å². The van der Waals surface area contributed by atoms with Crippen LogP contribution in [0.1, 0.15) is 31.2 Å². The van der Waals surface area contributed by atoms with Crippen LogP contribution in [0.3, 0.4) is 0 Å². The van der Waals surface area contributed by atoms with E-state index >= 15 is 0 Å². The molecule has 19 heavy (non-hydrogen) atoms. The van der Waals surface area contributed by atoms with Crippen molar-refractivity contribution >= 4 is 0 Å². The van der Waals surface area contributed by atoms with Gasteiger partial charge in [-0.05, 0) is 56.3 Å². The Hall–Kier alpha value is -1.06. The summed E-state index contributed by atoms with van der Waals surface area (Å²) in [5.41, 5.74) is 1.41. The van der Waals surface area contributed by atoms with E-state index in [9.17, 15) is 0 Å². The van der Waals surface area contributed by atoms with Crippen LogP contribution in [0.25, 0.3) is 0 Å². The number of benzene rings is 1. The lowest BCUT2D eigenvalue weighted by Gasteiger charge is -2.30. The Kier molecular flexibility index (Phi) is 5.67. The Morgan fingerprint density at radius 1 is 1.26 bits per heavy atom. The van der Waals surface area contributed by atoms with E-state index in [-0.39, 0.29) is 0 Å². The molecule has 1 aliphatic heterocycles. The van der Waals surface area contributed by atoms with Gasteiger partial charge >= 0.3 is 0 Å². The highest BCUT2D eigenvalue weighted by Crippen LogP contribution is 2.32. The summed E-state index contributed by atoms with van der Waals surface area (Å²) in [6, 6.07) is 8.59. The molecule has 1 aromatic carbocycles.